The zero-order valence-corrected chi connectivity index (χ0v) is 20.3. The van der Waals surface area contributed by atoms with E-state index in [0.29, 0.717) is 22.9 Å². The van der Waals surface area contributed by atoms with E-state index in [0.717, 1.165) is 36.5 Å². The number of rotatable bonds is 6. The van der Waals surface area contributed by atoms with Gasteiger partial charge >= 0.3 is 0 Å². The van der Waals surface area contributed by atoms with Crippen LogP contribution < -0.4 is 0 Å². The van der Waals surface area contributed by atoms with Crippen LogP contribution in [0, 0.1) is 57.7 Å². The molecule has 0 heterocycles. The Labute approximate surface area is 193 Å². The highest BCUT2D eigenvalue weighted by Crippen LogP contribution is 2.67. The minimum absolute atomic E-state index is 0. The Morgan fingerprint density at radius 2 is 1.90 bits per heavy atom. The number of nitriles is 1. The molecule has 2 nitrogen and oxygen atoms in total. The van der Waals surface area contributed by atoms with Crippen LogP contribution in [-0.2, 0) is 4.74 Å². The molecule has 3 saturated carbocycles. The molecule has 4 rings (SSSR count). The molecule has 0 radical (unpaired) electrons. The van der Waals surface area contributed by atoms with E-state index < -0.39 is 0 Å². The van der Waals surface area contributed by atoms with Gasteiger partial charge in [0.1, 0.15) is 0 Å². The first-order valence-electron chi connectivity index (χ1n) is 13.0. The lowest BCUT2D eigenvalue weighted by Gasteiger charge is -2.58. The van der Waals surface area contributed by atoms with Crippen LogP contribution in [0.15, 0.2) is 11.6 Å². The van der Waals surface area contributed by atoms with E-state index in [1.54, 1.807) is 5.57 Å². The second kappa shape index (κ2) is 9.59. The Balaban J connectivity index is 0.00000272. The van der Waals surface area contributed by atoms with Crippen LogP contribution in [0.3, 0.4) is 0 Å². The van der Waals surface area contributed by atoms with Crippen LogP contribution in [0.2, 0.25) is 0 Å². The molecule has 4 aliphatic rings. The average molecular weight is 428 g/mol. The van der Waals surface area contributed by atoms with E-state index >= 15 is 0 Å². The van der Waals surface area contributed by atoms with Gasteiger partial charge in [-0.2, -0.15) is 5.26 Å². The van der Waals surface area contributed by atoms with E-state index in [2.05, 4.69) is 39.8 Å². The molecule has 2 heteroatoms. The van der Waals surface area contributed by atoms with Crippen molar-refractivity contribution in [1.29, 1.82) is 5.26 Å². The molecule has 8 atom stereocenters. The summed E-state index contributed by atoms with van der Waals surface area (Å²) in [4.78, 5) is 0. The van der Waals surface area contributed by atoms with Crippen LogP contribution in [0.25, 0.3) is 0 Å². The number of hydrogen-bond donors (Lipinski definition) is 0. The van der Waals surface area contributed by atoms with Crippen LogP contribution in [0.4, 0.5) is 0 Å². The van der Waals surface area contributed by atoms with E-state index in [1.165, 1.54) is 57.8 Å². The summed E-state index contributed by atoms with van der Waals surface area (Å²) in [5, 5.41) is 9.45. The maximum Gasteiger partial charge on any atom is 0.0659 e. The number of allylic oxidation sites excluding steroid dienone is 2. The van der Waals surface area contributed by atoms with Gasteiger partial charge in [0, 0.05) is 7.11 Å². The quantitative estimate of drug-likeness (QED) is 0.400. The topological polar surface area (TPSA) is 33.0 Å². The minimum atomic E-state index is 0. The molecule has 0 saturated heterocycles. The third kappa shape index (κ3) is 4.26. The van der Waals surface area contributed by atoms with Gasteiger partial charge in [0.2, 0.25) is 0 Å². The van der Waals surface area contributed by atoms with Crippen molar-refractivity contribution in [2.75, 3.05) is 7.11 Å². The highest BCUT2D eigenvalue weighted by molar-refractivity contribution is 5.26. The largest absolute Gasteiger partial charge is 0.381 e. The predicted molar refractivity (Wildman–Crippen MR) is 131 cm³/mol. The number of fused-ring (bicyclic) bond motifs is 5. The molecule has 0 aliphatic heterocycles. The zero-order chi connectivity index (χ0) is 21.5. The monoisotopic (exact) mass is 427 g/mol. The molecule has 0 bridgehead atoms. The highest BCUT2D eigenvalue weighted by Gasteiger charge is 2.58. The van der Waals surface area contributed by atoms with Gasteiger partial charge in [0.15, 0.2) is 0 Å². The standard InChI is InChI=1S/C28H45NO.CH4/c1-19(2)26(30-5)8-6-7-21-10-12-24-23-11-9-22-17-20(18-29)13-15-28(22,4)25(23)14-16-27(21,24)3;/h9,19-21,23-26H,6-8,10-17H2,1-5H3;1H4. The molecule has 176 valence electrons. The second-order valence-corrected chi connectivity index (χ2v) is 12.1. The molecule has 0 aromatic heterocycles. The van der Waals surface area contributed by atoms with Crippen molar-refractivity contribution < 1.29 is 4.74 Å². The summed E-state index contributed by atoms with van der Waals surface area (Å²) in [6, 6.07) is 2.56. The number of nitrogens with zero attached hydrogens (tertiary/aromatic N) is 1. The second-order valence-electron chi connectivity index (χ2n) is 12.1. The molecular formula is C29H49NO. The van der Waals surface area contributed by atoms with Gasteiger partial charge in [-0.25, -0.2) is 0 Å². The molecule has 0 N–H and O–H groups in total. The summed E-state index contributed by atoms with van der Waals surface area (Å²) < 4.78 is 5.73. The summed E-state index contributed by atoms with van der Waals surface area (Å²) in [7, 11) is 1.88. The maximum absolute atomic E-state index is 9.45. The van der Waals surface area contributed by atoms with Crippen molar-refractivity contribution >= 4 is 0 Å². The van der Waals surface area contributed by atoms with E-state index in [-0.39, 0.29) is 13.3 Å². The van der Waals surface area contributed by atoms with Crippen molar-refractivity contribution in [3.05, 3.63) is 11.6 Å². The maximum atomic E-state index is 9.45. The number of hydrogen-bond acceptors (Lipinski definition) is 2. The van der Waals surface area contributed by atoms with Gasteiger partial charge < -0.3 is 4.74 Å². The van der Waals surface area contributed by atoms with Crippen LogP contribution >= 0.6 is 0 Å². The first kappa shape index (κ1) is 24.8. The molecular weight excluding hydrogens is 378 g/mol. The molecule has 0 amide bonds. The Bertz CT molecular complexity index is 689. The smallest absolute Gasteiger partial charge is 0.0659 e. The minimum Gasteiger partial charge on any atom is -0.381 e. The van der Waals surface area contributed by atoms with E-state index in [1.807, 2.05) is 7.11 Å². The Kier molecular flexibility index (Phi) is 7.68. The fourth-order valence-electron chi connectivity index (χ4n) is 8.64. The fourth-order valence-corrected chi connectivity index (χ4v) is 8.64. The van der Waals surface area contributed by atoms with E-state index in [4.69, 9.17) is 4.74 Å². The van der Waals surface area contributed by atoms with Gasteiger partial charge in [0.25, 0.3) is 0 Å². The van der Waals surface area contributed by atoms with Crippen molar-refractivity contribution in [2.24, 2.45) is 46.3 Å². The Morgan fingerprint density at radius 1 is 1.13 bits per heavy atom. The van der Waals surface area contributed by atoms with Gasteiger partial charge in [-0.15, -0.1) is 0 Å². The summed E-state index contributed by atoms with van der Waals surface area (Å²) in [5.41, 5.74) is 2.60. The zero-order valence-electron chi connectivity index (χ0n) is 20.3. The lowest BCUT2D eigenvalue weighted by atomic mass is 9.47. The molecule has 4 aliphatic carbocycles. The predicted octanol–water partition coefficient (Wildman–Crippen LogP) is 8.18. The molecule has 0 aromatic rings. The first-order valence-corrected chi connectivity index (χ1v) is 13.0. The lowest BCUT2D eigenvalue weighted by Crippen LogP contribution is -2.50. The first-order chi connectivity index (χ1) is 14.3. The SMILES string of the molecule is C.COC(CCCC1CCC2C3CC=C4CC(C#N)CCC4(C)C3CCC12C)C(C)C. The van der Waals surface area contributed by atoms with Crippen molar-refractivity contribution in [2.45, 2.75) is 112 Å². The van der Waals surface area contributed by atoms with E-state index in [9.17, 15) is 5.26 Å². The summed E-state index contributed by atoms with van der Waals surface area (Å²) in [6.07, 6.45) is 17.5. The van der Waals surface area contributed by atoms with Crippen molar-refractivity contribution in [1.82, 2.24) is 0 Å². The van der Waals surface area contributed by atoms with Crippen molar-refractivity contribution in [3.8, 4) is 6.07 Å². The van der Waals surface area contributed by atoms with Crippen LogP contribution in [0.5, 0.6) is 0 Å². The Hall–Kier alpha value is -0.810. The molecule has 31 heavy (non-hydrogen) atoms. The molecule has 8 unspecified atom stereocenters. The van der Waals surface area contributed by atoms with Gasteiger partial charge in [-0.3, -0.25) is 0 Å². The number of methoxy groups -OCH3 is 1. The molecule has 0 aromatic carbocycles. The van der Waals surface area contributed by atoms with Gasteiger partial charge in [-0.05, 0) is 105 Å². The molecule has 0 spiro atoms. The lowest BCUT2D eigenvalue weighted by molar-refractivity contribution is -0.0448. The third-order valence-corrected chi connectivity index (χ3v) is 10.6. The summed E-state index contributed by atoms with van der Waals surface area (Å²) in [5.74, 6) is 4.50. The number of ether oxygens (including phenoxy) is 1. The average Bonchev–Trinajstić information content (AvgIpc) is 3.06. The highest BCUT2D eigenvalue weighted by atomic mass is 16.5. The van der Waals surface area contributed by atoms with Gasteiger partial charge in [0.05, 0.1) is 18.1 Å². The fraction of sp³-hybridized carbons (Fsp3) is 0.897. The summed E-state index contributed by atoms with van der Waals surface area (Å²) >= 11 is 0. The molecule has 3 fully saturated rings. The van der Waals surface area contributed by atoms with Gasteiger partial charge in [-0.1, -0.05) is 53.2 Å². The van der Waals surface area contributed by atoms with Crippen LogP contribution in [-0.4, -0.2) is 13.2 Å². The van der Waals surface area contributed by atoms with Crippen molar-refractivity contribution in [3.63, 3.8) is 0 Å². The third-order valence-electron chi connectivity index (χ3n) is 10.6. The van der Waals surface area contributed by atoms with Crippen LogP contribution in [0.1, 0.15) is 106 Å². The normalized spacial score (nSPS) is 42.5. The Morgan fingerprint density at radius 3 is 2.58 bits per heavy atom. The summed E-state index contributed by atoms with van der Waals surface area (Å²) in [6.45, 7) is 9.81.